The standard InChI is InChI=1S/C15H26N2O2/c16-14-4-2-1-3-10(14)7-15(19)17-11-5-6-12(17)9-13(18)8-11/h10-14,18H,1-9,16H2. The highest BCUT2D eigenvalue weighted by Crippen LogP contribution is 2.37. The minimum absolute atomic E-state index is 0.196. The summed E-state index contributed by atoms with van der Waals surface area (Å²) in [4.78, 5) is 14.7. The fraction of sp³-hybridized carbons (Fsp3) is 0.933. The number of piperidine rings is 1. The van der Waals surface area contributed by atoms with Crippen molar-refractivity contribution in [2.75, 3.05) is 0 Å². The molecule has 0 radical (unpaired) electrons. The lowest BCUT2D eigenvalue weighted by atomic mass is 9.82. The molecular formula is C15H26N2O2. The van der Waals surface area contributed by atoms with Gasteiger partial charge in [0.15, 0.2) is 0 Å². The summed E-state index contributed by atoms with van der Waals surface area (Å²) in [5, 5.41) is 9.80. The summed E-state index contributed by atoms with van der Waals surface area (Å²) in [5.74, 6) is 0.675. The van der Waals surface area contributed by atoms with Crippen molar-refractivity contribution < 1.29 is 9.90 Å². The fourth-order valence-electron chi connectivity index (χ4n) is 4.38. The largest absolute Gasteiger partial charge is 0.393 e. The summed E-state index contributed by atoms with van der Waals surface area (Å²) in [6.07, 6.45) is 8.75. The van der Waals surface area contributed by atoms with Gasteiger partial charge in [0.05, 0.1) is 6.10 Å². The number of carbonyl (C=O) groups excluding carboxylic acids is 1. The van der Waals surface area contributed by atoms with E-state index in [-0.39, 0.29) is 12.1 Å². The van der Waals surface area contributed by atoms with Crippen LogP contribution in [0.15, 0.2) is 0 Å². The Morgan fingerprint density at radius 1 is 1.11 bits per heavy atom. The van der Waals surface area contributed by atoms with Gasteiger partial charge >= 0.3 is 0 Å². The average molecular weight is 266 g/mol. The lowest BCUT2D eigenvalue weighted by Gasteiger charge is -2.39. The number of aliphatic hydroxyl groups is 1. The van der Waals surface area contributed by atoms with E-state index in [1.165, 1.54) is 12.8 Å². The summed E-state index contributed by atoms with van der Waals surface area (Å²) < 4.78 is 0. The van der Waals surface area contributed by atoms with Gasteiger partial charge in [-0.2, -0.15) is 0 Å². The quantitative estimate of drug-likeness (QED) is 0.794. The van der Waals surface area contributed by atoms with Crippen molar-refractivity contribution in [2.24, 2.45) is 11.7 Å². The number of fused-ring (bicyclic) bond motifs is 2. The molecule has 1 saturated carbocycles. The summed E-state index contributed by atoms with van der Waals surface area (Å²) in [5.41, 5.74) is 6.15. The second-order valence-electron chi connectivity index (χ2n) is 6.72. The normalized spacial score (nSPS) is 42.4. The van der Waals surface area contributed by atoms with E-state index in [1.807, 2.05) is 0 Å². The first-order valence-corrected chi connectivity index (χ1v) is 7.90. The van der Waals surface area contributed by atoms with Crippen LogP contribution in [0.1, 0.15) is 57.8 Å². The van der Waals surface area contributed by atoms with Crippen molar-refractivity contribution in [3.05, 3.63) is 0 Å². The van der Waals surface area contributed by atoms with Crippen LogP contribution in [0.3, 0.4) is 0 Å². The molecule has 2 saturated heterocycles. The van der Waals surface area contributed by atoms with Gasteiger partial charge in [-0.05, 0) is 44.4 Å². The number of carbonyl (C=O) groups is 1. The monoisotopic (exact) mass is 266 g/mol. The Bertz CT molecular complexity index is 333. The molecule has 1 aliphatic carbocycles. The van der Waals surface area contributed by atoms with Gasteiger partial charge in [-0.3, -0.25) is 4.79 Å². The van der Waals surface area contributed by atoms with Crippen LogP contribution in [-0.4, -0.2) is 40.1 Å². The maximum absolute atomic E-state index is 12.6. The third-order valence-electron chi connectivity index (χ3n) is 5.40. The predicted molar refractivity (Wildman–Crippen MR) is 73.4 cm³/mol. The SMILES string of the molecule is NC1CCCCC1CC(=O)N1C2CCC1CC(O)C2. The molecule has 3 N–H and O–H groups in total. The predicted octanol–water partition coefficient (Wildman–Crippen LogP) is 1.41. The molecule has 2 heterocycles. The van der Waals surface area contributed by atoms with Gasteiger partial charge < -0.3 is 15.7 Å². The molecule has 4 atom stereocenters. The number of aliphatic hydroxyl groups excluding tert-OH is 1. The molecule has 0 aromatic rings. The molecule has 3 fully saturated rings. The van der Waals surface area contributed by atoms with E-state index in [1.54, 1.807) is 0 Å². The molecule has 2 aliphatic heterocycles. The minimum Gasteiger partial charge on any atom is -0.393 e. The number of hydrogen-bond acceptors (Lipinski definition) is 3. The molecule has 108 valence electrons. The lowest BCUT2D eigenvalue weighted by Crippen LogP contribution is -2.49. The van der Waals surface area contributed by atoms with Crippen molar-refractivity contribution in [1.29, 1.82) is 0 Å². The van der Waals surface area contributed by atoms with Crippen LogP contribution in [-0.2, 0) is 4.79 Å². The van der Waals surface area contributed by atoms with Gasteiger partial charge in [-0.25, -0.2) is 0 Å². The number of hydrogen-bond donors (Lipinski definition) is 2. The summed E-state index contributed by atoms with van der Waals surface area (Å²) in [7, 11) is 0. The minimum atomic E-state index is -0.196. The van der Waals surface area contributed by atoms with Gasteiger partial charge in [0.25, 0.3) is 0 Å². The Balaban J connectivity index is 1.61. The average Bonchev–Trinajstić information content (AvgIpc) is 2.65. The number of amides is 1. The Morgan fingerprint density at radius 2 is 1.74 bits per heavy atom. The second kappa shape index (κ2) is 5.41. The fourth-order valence-corrected chi connectivity index (χ4v) is 4.38. The molecule has 19 heavy (non-hydrogen) atoms. The van der Waals surface area contributed by atoms with E-state index in [0.29, 0.717) is 30.3 Å². The second-order valence-corrected chi connectivity index (χ2v) is 6.72. The Labute approximate surface area is 115 Å². The topological polar surface area (TPSA) is 66.6 Å². The third-order valence-corrected chi connectivity index (χ3v) is 5.40. The molecule has 1 amide bonds. The smallest absolute Gasteiger partial charge is 0.223 e. The summed E-state index contributed by atoms with van der Waals surface area (Å²) >= 11 is 0. The Hall–Kier alpha value is -0.610. The van der Waals surface area contributed by atoms with Crippen molar-refractivity contribution >= 4 is 5.91 Å². The highest BCUT2D eigenvalue weighted by Gasteiger charge is 2.43. The van der Waals surface area contributed by atoms with Crippen LogP contribution in [0.25, 0.3) is 0 Å². The highest BCUT2D eigenvalue weighted by molar-refractivity contribution is 5.77. The molecule has 4 unspecified atom stereocenters. The van der Waals surface area contributed by atoms with Crippen LogP contribution in [0.5, 0.6) is 0 Å². The molecule has 0 aromatic heterocycles. The van der Waals surface area contributed by atoms with Crippen LogP contribution in [0.4, 0.5) is 0 Å². The van der Waals surface area contributed by atoms with Crippen molar-refractivity contribution in [1.82, 2.24) is 4.90 Å². The Kier molecular flexibility index (Phi) is 3.81. The molecule has 3 aliphatic rings. The summed E-state index contributed by atoms with van der Waals surface area (Å²) in [6.45, 7) is 0. The zero-order chi connectivity index (χ0) is 13.4. The number of rotatable bonds is 2. The van der Waals surface area contributed by atoms with E-state index in [2.05, 4.69) is 4.90 Å². The van der Waals surface area contributed by atoms with E-state index in [4.69, 9.17) is 5.73 Å². The molecule has 3 rings (SSSR count). The van der Waals surface area contributed by atoms with Gasteiger partial charge in [-0.15, -0.1) is 0 Å². The van der Waals surface area contributed by atoms with Crippen molar-refractivity contribution in [3.63, 3.8) is 0 Å². The van der Waals surface area contributed by atoms with Crippen LogP contribution >= 0.6 is 0 Å². The molecular weight excluding hydrogens is 240 g/mol. The van der Waals surface area contributed by atoms with Crippen LogP contribution in [0.2, 0.25) is 0 Å². The summed E-state index contributed by atoms with van der Waals surface area (Å²) in [6, 6.07) is 0.799. The van der Waals surface area contributed by atoms with Crippen molar-refractivity contribution in [2.45, 2.75) is 82.0 Å². The van der Waals surface area contributed by atoms with Gasteiger partial charge in [-0.1, -0.05) is 12.8 Å². The van der Waals surface area contributed by atoms with Gasteiger partial charge in [0.2, 0.25) is 5.91 Å². The maximum Gasteiger partial charge on any atom is 0.223 e. The first-order valence-electron chi connectivity index (χ1n) is 7.90. The van der Waals surface area contributed by atoms with E-state index in [0.717, 1.165) is 38.5 Å². The zero-order valence-corrected chi connectivity index (χ0v) is 11.6. The highest BCUT2D eigenvalue weighted by atomic mass is 16.3. The molecule has 4 nitrogen and oxygen atoms in total. The first kappa shape index (κ1) is 13.4. The first-order chi connectivity index (χ1) is 9.15. The van der Waals surface area contributed by atoms with E-state index < -0.39 is 0 Å². The Morgan fingerprint density at radius 3 is 2.37 bits per heavy atom. The molecule has 0 spiro atoms. The van der Waals surface area contributed by atoms with Crippen LogP contribution < -0.4 is 5.73 Å². The van der Waals surface area contributed by atoms with Gasteiger partial charge in [0, 0.05) is 24.5 Å². The van der Waals surface area contributed by atoms with Gasteiger partial charge in [0.1, 0.15) is 0 Å². The lowest BCUT2D eigenvalue weighted by molar-refractivity contribution is -0.138. The van der Waals surface area contributed by atoms with Crippen LogP contribution in [0, 0.1) is 5.92 Å². The molecule has 0 aromatic carbocycles. The zero-order valence-electron chi connectivity index (χ0n) is 11.6. The number of nitrogens with two attached hydrogens (primary N) is 1. The molecule has 4 heteroatoms. The van der Waals surface area contributed by atoms with Crippen molar-refractivity contribution in [3.8, 4) is 0 Å². The molecule has 2 bridgehead atoms. The maximum atomic E-state index is 12.6. The van der Waals surface area contributed by atoms with E-state index in [9.17, 15) is 9.90 Å². The third kappa shape index (κ3) is 2.65. The number of nitrogens with zero attached hydrogens (tertiary/aromatic N) is 1. The van der Waals surface area contributed by atoms with E-state index >= 15 is 0 Å².